The molecule has 0 aromatic heterocycles. The van der Waals surface area contributed by atoms with Gasteiger partial charge in [0, 0.05) is 12.1 Å². The van der Waals surface area contributed by atoms with E-state index in [0.29, 0.717) is 5.69 Å². The van der Waals surface area contributed by atoms with Gasteiger partial charge in [-0.05, 0) is 12.1 Å². The van der Waals surface area contributed by atoms with E-state index in [1.165, 1.54) is 0 Å². The summed E-state index contributed by atoms with van der Waals surface area (Å²) in [5.74, 6) is -1.59. The average Bonchev–Trinajstić information content (AvgIpc) is 2.27. The number of carbonyl (C=O) groups is 2. The van der Waals surface area contributed by atoms with Gasteiger partial charge in [0.25, 0.3) is 0 Å². The fourth-order valence-corrected chi connectivity index (χ4v) is 1.14. The van der Waals surface area contributed by atoms with Crippen molar-refractivity contribution >= 4 is 17.4 Å². The first-order valence-corrected chi connectivity index (χ1v) is 4.84. The molecule has 5 nitrogen and oxygen atoms in total. The molecule has 0 spiro atoms. The highest BCUT2D eigenvalue weighted by Crippen LogP contribution is 2.07. The number of hydrogen-bond acceptors (Lipinski definition) is 4. The van der Waals surface area contributed by atoms with E-state index in [1.54, 1.807) is 24.3 Å². The minimum Gasteiger partial charge on any atom is -0.481 e. The van der Waals surface area contributed by atoms with Gasteiger partial charge in [0.05, 0.1) is 6.42 Å². The standard InChI is InChI=1S/C11H13NO4/c13-9(6-7-10(14)15)11(16)12-8-4-2-1-3-5-8/h1-5,11-12,16H,6-7H2,(H,14,15)/t11-/m0/s1. The third kappa shape index (κ3) is 4.10. The number of benzene rings is 1. The minimum absolute atomic E-state index is 0.184. The molecule has 0 radical (unpaired) electrons. The van der Waals surface area contributed by atoms with E-state index in [2.05, 4.69) is 5.32 Å². The molecule has 0 saturated carbocycles. The summed E-state index contributed by atoms with van der Waals surface area (Å²) in [6.07, 6.45) is -1.82. The Morgan fingerprint density at radius 2 is 1.81 bits per heavy atom. The van der Waals surface area contributed by atoms with Gasteiger partial charge in [-0.1, -0.05) is 18.2 Å². The predicted octanol–water partition coefficient (Wildman–Crippen LogP) is 0.851. The molecule has 0 bridgehead atoms. The molecule has 0 aliphatic heterocycles. The second-order valence-corrected chi connectivity index (χ2v) is 3.27. The monoisotopic (exact) mass is 223 g/mol. The number of ketones is 1. The van der Waals surface area contributed by atoms with Crippen LogP contribution in [0.15, 0.2) is 30.3 Å². The van der Waals surface area contributed by atoms with Gasteiger partial charge < -0.3 is 15.5 Å². The van der Waals surface area contributed by atoms with Crippen molar-refractivity contribution in [2.75, 3.05) is 5.32 Å². The first kappa shape index (κ1) is 12.2. The molecule has 0 heterocycles. The number of rotatable bonds is 6. The fourth-order valence-electron chi connectivity index (χ4n) is 1.14. The second kappa shape index (κ2) is 5.87. The molecule has 5 heteroatoms. The Morgan fingerprint density at radius 1 is 1.19 bits per heavy atom. The Morgan fingerprint density at radius 3 is 2.38 bits per heavy atom. The van der Waals surface area contributed by atoms with Crippen LogP contribution in [0.3, 0.4) is 0 Å². The van der Waals surface area contributed by atoms with Crippen molar-refractivity contribution in [3.8, 4) is 0 Å². The number of para-hydroxylation sites is 1. The first-order valence-electron chi connectivity index (χ1n) is 4.84. The maximum absolute atomic E-state index is 11.3. The van der Waals surface area contributed by atoms with Crippen molar-refractivity contribution < 1.29 is 19.8 Å². The zero-order chi connectivity index (χ0) is 12.0. The van der Waals surface area contributed by atoms with Crippen LogP contribution in [0.25, 0.3) is 0 Å². The van der Waals surface area contributed by atoms with Gasteiger partial charge in [0.15, 0.2) is 12.0 Å². The zero-order valence-electron chi connectivity index (χ0n) is 8.59. The normalized spacial score (nSPS) is 11.8. The highest BCUT2D eigenvalue weighted by atomic mass is 16.4. The van der Waals surface area contributed by atoms with Crippen LogP contribution in [0.4, 0.5) is 5.69 Å². The lowest BCUT2D eigenvalue weighted by atomic mass is 10.2. The van der Waals surface area contributed by atoms with E-state index in [-0.39, 0.29) is 12.8 Å². The molecule has 0 fully saturated rings. The predicted molar refractivity (Wildman–Crippen MR) is 57.9 cm³/mol. The van der Waals surface area contributed by atoms with E-state index >= 15 is 0 Å². The molecule has 0 aliphatic rings. The number of carboxylic acid groups (broad SMARTS) is 1. The molecular formula is C11H13NO4. The molecule has 1 aromatic rings. The highest BCUT2D eigenvalue weighted by molar-refractivity contribution is 5.87. The first-order chi connectivity index (χ1) is 7.59. The Labute approximate surface area is 92.7 Å². The lowest BCUT2D eigenvalue weighted by Gasteiger charge is -2.12. The number of carboxylic acids is 1. The Kier molecular flexibility index (Phi) is 4.47. The Balaban J connectivity index is 2.43. The van der Waals surface area contributed by atoms with Crippen molar-refractivity contribution in [2.45, 2.75) is 19.1 Å². The number of carbonyl (C=O) groups excluding carboxylic acids is 1. The van der Waals surface area contributed by atoms with Crippen molar-refractivity contribution in [2.24, 2.45) is 0 Å². The van der Waals surface area contributed by atoms with Crippen LogP contribution in [0.1, 0.15) is 12.8 Å². The molecule has 0 amide bonds. The van der Waals surface area contributed by atoms with E-state index in [1.807, 2.05) is 6.07 Å². The molecule has 1 atom stereocenters. The molecule has 1 aromatic carbocycles. The SMILES string of the molecule is O=C(O)CCC(=O)[C@H](O)Nc1ccccc1. The van der Waals surface area contributed by atoms with Crippen LogP contribution in [0.2, 0.25) is 0 Å². The topological polar surface area (TPSA) is 86.6 Å². The van der Waals surface area contributed by atoms with E-state index in [0.717, 1.165) is 0 Å². The largest absolute Gasteiger partial charge is 0.481 e. The molecule has 1 rings (SSSR count). The van der Waals surface area contributed by atoms with Gasteiger partial charge in [0.1, 0.15) is 0 Å². The van der Waals surface area contributed by atoms with E-state index < -0.39 is 18.0 Å². The van der Waals surface area contributed by atoms with Gasteiger partial charge in [-0.3, -0.25) is 9.59 Å². The lowest BCUT2D eigenvalue weighted by molar-refractivity contribution is -0.139. The lowest BCUT2D eigenvalue weighted by Crippen LogP contribution is -2.29. The second-order valence-electron chi connectivity index (χ2n) is 3.27. The van der Waals surface area contributed by atoms with Crippen molar-refractivity contribution in [3.63, 3.8) is 0 Å². The Bertz CT molecular complexity index is 364. The van der Waals surface area contributed by atoms with E-state index in [4.69, 9.17) is 5.11 Å². The van der Waals surface area contributed by atoms with Crippen LogP contribution in [0.5, 0.6) is 0 Å². The quantitative estimate of drug-likeness (QED) is 0.622. The van der Waals surface area contributed by atoms with Gasteiger partial charge in [-0.25, -0.2) is 0 Å². The number of anilines is 1. The summed E-state index contributed by atoms with van der Waals surface area (Å²) in [5, 5.41) is 20.4. The number of nitrogens with one attached hydrogen (secondary N) is 1. The Hall–Kier alpha value is -1.88. The van der Waals surface area contributed by atoms with Gasteiger partial charge in [0.2, 0.25) is 0 Å². The summed E-state index contributed by atoms with van der Waals surface area (Å²) in [6, 6.07) is 8.73. The molecule has 0 unspecified atom stereocenters. The summed E-state index contributed by atoms with van der Waals surface area (Å²) >= 11 is 0. The van der Waals surface area contributed by atoms with Crippen LogP contribution in [-0.2, 0) is 9.59 Å². The van der Waals surface area contributed by atoms with Crippen LogP contribution >= 0.6 is 0 Å². The van der Waals surface area contributed by atoms with Crippen molar-refractivity contribution in [3.05, 3.63) is 30.3 Å². The average molecular weight is 223 g/mol. The van der Waals surface area contributed by atoms with Crippen molar-refractivity contribution in [1.82, 2.24) is 0 Å². The number of aliphatic hydroxyl groups excluding tert-OH is 1. The molecular weight excluding hydrogens is 210 g/mol. The molecule has 86 valence electrons. The summed E-state index contributed by atoms with van der Waals surface area (Å²) in [5.41, 5.74) is 0.610. The third-order valence-corrected chi connectivity index (χ3v) is 1.97. The number of Topliss-reactive ketones (excluding diaryl/α,β-unsaturated/α-hetero) is 1. The maximum atomic E-state index is 11.3. The van der Waals surface area contributed by atoms with Gasteiger partial charge >= 0.3 is 5.97 Å². The highest BCUT2D eigenvalue weighted by Gasteiger charge is 2.15. The number of aliphatic hydroxyl groups is 1. The van der Waals surface area contributed by atoms with Crippen LogP contribution in [-0.4, -0.2) is 28.2 Å². The summed E-state index contributed by atoms with van der Waals surface area (Å²) in [6.45, 7) is 0. The third-order valence-electron chi connectivity index (χ3n) is 1.97. The summed E-state index contributed by atoms with van der Waals surface area (Å²) < 4.78 is 0. The smallest absolute Gasteiger partial charge is 0.303 e. The molecule has 3 N–H and O–H groups in total. The molecule has 0 saturated heterocycles. The fraction of sp³-hybridized carbons (Fsp3) is 0.273. The number of aliphatic carboxylic acids is 1. The summed E-state index contributed by atoms with van der Waals surface area (Å²) in [7, 11) is 0. The maximum Gasteiger partial charge on any atom is 0.303 e. The molecule has 16 heavy (non-hydrogen) atoms. The van der Waals surface area contributed by atoms with Crippen LogP contribution in [0, 0.1) is 0 Å². The zero-order valence-corrected chi connectivity index (χ0v) is 8.59. The van der Waals surface area contributed by atoms with E-state index in [9.17, 15) is 14.7 Å². The van der Waals surface area contributed by atoms with Crippen molar-refractivity contribution in [1.29, 1.82) is 0 Å². The number of hydrogen-bond donors (Lipinski definition) is 3. The minimum atomic E-state index is -1.36. The van der Waals surface area contributed by atoms with Crippen LogP contribution < -0.4 is 5.32 Å². The summed E-state index contributed by atoms with van der Waals surface area (Å²) in [4.78, 5) is 21.5. The van der Waals surface area contributed by atoms with Gasteiger partial charge in [-0.2, -0.15) is 0 Å². The molecule has 0 aliphatic carbocycles. The van der Waals surface area contributed by atoms with Gasteiger partial charge in [-0.15, -0.1) is 0 Å².